The molecule has 0 atom stereocenters. The lowest BCUT2D eigenvalue weighted by atomic mass is 10.4. The van der Waals surface area contributed by atoms with Gasteiger partial charge in [-0.25, -0.2) is 4.98 Å². The van der Waals surface area contributed by atoms with Gasteiger partial charge < -0.3 is 5.32 Å². The summed E-state index contributed by atoms with van der Waals surface area (Å²) in [6, 6.07) is 0.378. The summed E-state index contributed by atoms with van der Waals surface area (Å²) in [4.78, 5) is 5.52. The zero-order valence-corrected chi connectivity index (χ0v) is 13.1. The molecule has 0 saturated heterocycles. The van der Waals surface area contributed by atoms with Gasteiger partial charge in [0.05, 0.1) is 4.88 Å². The van der Waals surface area contributed by atoms with Gasteiger partial charge in [-0.1, -0.05) is 18.3 Å². The molecule has 0 fully saturated rings. The van der Waals surface area contributed by atoms with Gasteiger partial charge in [0.2, 0.25) is 5.13 Å². The van der Waals surface area contributed by atoms with Crippen LogP contribution in [-0.2, 0) is 5.75 Å². The molecule has 2 heterocycles. The van der Waals surface area contributed by atoms with E-state index in [1.807, 2.05) is 18.0 Å². The second-order valence-corrected chi connectivity index (χ2v) is 7.33. The smallest absolute Gasteiger partial charge is 0.206 e. The number of rotatable bonds is 6. The fourth-order valence-corrected chi connectivity index (χ4v) is 3.87. The van der Waals surface area contributed by atoms with Crippen molar-refractivity contribution >= 4 is 39.6 Å². The van der Waals surface area contributed by atoms with E-state index in [0.717, 1.165) is 31.5 Å². The van der Waals surface area contributed by atoms with E-state index in [4.69, 9.17) is 0 Å². The number of thiazole rings is 1. The van der Waals surface area contributed by atoms with Crippen molar-refractivity contribution in [3.63, 3.8) is 0 Å². The number of nitrogens with zero attached hydrogens (tertiary/aromatic N) is 3. The van der Waals surface area contributed by atoms with Gasteiger partial charge in [0.25, 0.3) is 0 Å². The first-order chi connectivity index (χ1) is 8.69. The molecule has 0 amide bonds. The fraction of sp³-hybridized carbons (Fsp3) is 0.545. The Bertz CT molecular complexity index is 492. The predicted octanol–water partition coefficient (Wildman–Crippen LogP) is 3.74. The van der Waals surface area contributed by atoms with Crippen LogP contribution in [0.2, 0.25) is 0 Å². The van der Waals surface area contributed by atoms with E-state index in [2.05, 4.69) is 41.3 Å². The maximum atomic E-state index is 4.42. The topological polar surface area (TPSA) is 50.7 Å². The van der Waals surface area contributed by atoms with Crippen molar-refractivity contribution in [3.05, 3.63) is 11.2 Å². The summed E-state index contributed by atoms with van der Waals surface area (Å²) in [5, 5.41) is 14.6. The van der Waals surface area contributed by atoms with Crippen molar-refractivity contribution in [2.75, 3.05) is 11.1 Å². The molecule has 1 N–H and O–H groups in total. The molecule has 0 radical (unpaired) electrons. The van der Waals surface area contributed by atoms with E-state index in [1.165, 1.54) is 0 Å². The standard InChI is InChI=1S/C11H16N4S3/c1-4-16-6-9-12-5-8(17-9)10-14-15-11(18-10)13-7(2)3/h5,7H,4,6H2,1-3H3,(H,13,15). The summed E-state index contributed by atoms with van der Waals surface area (Å²) in [7, 11) is 0. The summed E-state index contributed by atoms with van der Waals surface area (Å²) in [6.07, 6.45) is 1.90. The molecule has 0 aliphatic carbocycles. The van der Waals surface area contributed by atoms with E-state index >= 15 is 0 Å². The third kappa shape index (κ3) is 3.66. The van der Waals surface area contributed by atoms with Gasteiger partial charge in [0.15, 0.2) is 5.01 Å². The highest BCUT2D eigenvalue weighted by atomic mass is 32.2. The van der Waals surface area contributed by atoms with Crippen LogP contribution in [0.15, 0.2) is 6.20 Å². The molecule has 2 aromatic rings. The molecule has 18 heavy (non-hydrogen) atoms. The average Bonchev–Trinajstić information content (AvgIpc) is 2.94. The monoisotopic (exact) mass is 300 g/mol. The third-order valence-corrected chi connectivity index (χ3v) is 5.12. The van der Waals surface area contributed by atoms with Gasteiger partial charge in [-0.2, -0.15) is 11.8 Å². The van der Waals surface area contributed by atoms with Crippen LogP contribution < -0.4 is 5.32 Å². The van der Waals surface area contributed by atoms with Crippen LogP contribution in [0.4, 0.5) is 5.13 Å². The highest BCUT2D eigenvalue weighted by Crippen LogP contribution is 2.31. The first kappa shape index (κ1) is 13.8. The van der Waals surface area contributed by atoms with E-state index in [0.29, 0.717) is 6.04 Å². The van der Waals surface area contributed by atoms with Crippen molar-refractivity contribution in [1.82, 2.24) is 15.2 Å². The molecule has 0 saturated carbocycles. The zero-order valence-electron chi connectivity index (χ0n) is 10.6. The van der Waals surface area contributed by atoms with Crippen molar-refractivity contribution in [2.24, 2.45) is 0 Å². The number of hydrogen-bond acceptors (Lipinski definition) is 7. The average molecular weight is 300 g/mol. The molecule has 2 rings (SSSR count). The number of anilines is 1. The quantitative estimate of drug-likeness (QED) is 0.881. The third-order valence-electron chi connectivity index (χ3n) is 2.03. The Morgan fingerprint density at radius 2 is 2.17 bits per heavy atom. The van der Waals surface area contributed by atoms with Crippen molar-refractivity contribution < 1.29 is 0 Å². The molecule has 0 bridgehead atoms. The molecule has 4 nitrogen and oxygen atoms in total. The van der Waals surface area contributed by atoms with Crippen molar-refractivity contribution in [1.29, 1.82) is 0 Å². The largest absolute Gasteiger partial charge is 0.358 e. The normalized spacial score (nSPS) is 11.1. The molecule has 0 spiro atoms. The van der Waals surface area contributed by atoms with E-state index < -0.39 is 0 Å². The first-order valence-corrected chi connectivity index (χ1v) is 8.60. The number of nitrogens with one attached hydrogen (secondary N) is 1. The number of thioether (sulfide) groups is 1. The molecular formula is C11H16N4S3. The Morgan fingerprint density at radius 1 is 1.33 bits per heavy atom. The Kier molecular flexibility index (Phi) is 4.96. The summed E-state index contributed by atoms with van der Waals surface area (Å²) in [5.41, 5.74) is 0. The van der Waals surface area contributed by atoms with E-state index in [9.17, 15) is 0 Å². The molecule has 0 aromatic carbocycles. The SMILES string of the molecule is CCSCc1ncc(-c2nnc(NC(C)C)s2)s1. The fourth-order valence-electron chi connectivity index (χ4n) is 1.29. The van der Waals surface area contributed by atoms with Gasteiger partial charge in [-0.05, 0) is 19.6 Å². The Labute approximate surface area is 119 Å². The van der Waals surface area contributed by atoms with Crippen molar-refractivity contribution in [2.45, 2.75) is 32.6 Å². The maximum Gasteiger partial charge on any atom is 0.206 e. The van der Waals surface area contributed by atoms with E-state index in [-0.39, 0.29) is 0 Å². The van der Waals surface area contributed by atoms with Crippen LogP contribution in [0, 0.1) is 0 Å². The molecule has 7 heteroatoms. The number of aromatic nitrogens is 3. The summed E-state index contributed by atoms with van der Waals surface area (Å²) >= 11 is 5.17. The van der Waals surface area contributed by atoms with Crippen LogP contribution in [-0.4, -0.2) is 27.0 Å². The summed E-state index contributed by atoms with van der Waals surface area (Å²) < 4.78 is 0. The minimum Gasteiger partial charge on any atom is -0.358 e. The second kappa shape index (κ2) is 6.49. The number of hydrogen-bond donors (Lipinski definition) is 1. The van der Waals surface area contributed by atoms with Gasteiger partial charge in [0.1, 0.15) is 5.01 Å². The van der Waals surface area contributed by atoms with Gasteiger partial charge in [-0.3, -0.25) is 0 Å². The van der Waals surface area contributed by atoms with Crippen LogP contribution in [0.1, 0.15) is 25.8 Å². The minimum atomic E-state index is 0.378. The lowest BCUT2D eigenvalue weighted by Gasteiger charge is -2.02. The maximum absolute atomic E-state index is 4.42. The Morgan fingerprint density at radius 3 is 2.89 bits per heavy atom. The van der Waals surface area contributed by atoms with Gasteiger partial charge in [0, 0.05) is 18.0 Å². The Balaban J connectivity index is 2.06. The highest BCUT2D eigenvalue weighted by Gasteiger charge is 2.10. The van der Waals surface area contributed by atoms with Crippen LogP contribution in [0.3, 0.4) is 0 Å². The summed E-state index contributed by atoms with van der Waals surface area (Å²) in [6.45, 7) is 6.34. The van der Waals surface area contributed by atoms with Gasteiger partial charge >= 0.3 is 0 Å². The first-order valence-electron chi connectivity index (χ1n) is 5.82. The summed E-state index contributed by atoms with van der Waals surface area (Å²) in [5.74, 6) is 2.10. The zero-order chi connectivity index (χ0) is 13.0. The molecule has 0 aliphatic rings. The van der Waals surface area contributed by atoms with Crippen LogP contribution in [0.25, 0.3) is 9.88 Å². The van der Waals surface area contributed by atoms with Gasteiger partial charge in [-0.15, -0.1) is 21.5 Å². The van der Waals surface area contributed by atoms with Crippen molar-refractivity contribution in [3.8, 4) is 9.88 Å². The van der Waals surface area contributed by atoms with Crippen LogP contribution in [0.5, 0.6) is 0 Å². The van der Waals surface area contributed by atoms with E-state index in [1.54, 1.807) is 22.7 Å². The lowest BCUT2D eigenvalue weighted by Crippen LogP contribution is -2.08. The molecule has 0 unspecified atom stereocenters. The molecule has 0 aliphatic heterocycles. The predicted molar refractivity (Wildman–Crippen MR) is 81.6 cm³/mol. The minimum absolute atomic E-state index is 0.378. The lowest BCUT2D eigenvalue weighted by molar-refractivity contribution is 0.888. The molecule has 98 valence electrons. The highest BCUT2D eigenvalue weighted by molar-refractivity contribution is 7.98. The van der Waals surface area contributed by atoms with Crippen LogP contribution >= 0.6 is 34.4 Å². The molecule has 2 aromatic heterocycles. The Hall–Kier alpha value is -0.660. The molecular weight excluding hydrogens is 284 g/mol. The second-order valence-electron chi connectivity index (χ2n) is 3.97.